The van der Waals surface area contributed by atoms with Gasteiger partial charge in [-0.25, -0.2) is 15.0 Å². The fraction of sp³-hybridized carbons (Fsp3) is 0.0667. The lowest BCUT2D eigenvalue weighted by atomic mass is 10.2. The second-order valence-corrected chi connectivity index (χ2v) is 7.20. The van der Waals surface area contributed by atoms with Crippen LogP contribution in [0.3, 0.4) is 0 Å². The van der Waals surface area contributed by atoms with Crippen molar-refractivity contribution in [2.75, 3.05) is 5.75 Å². The summed E-state index contributed by atoms with van der Waals surface area (Å²) >= 11 is 4.22. The standard InChI is InChI=1S/C15H9N5S3/c1-2-7-21-14-19-12(11-4-3-5-17-11)10(9-16)13(20-14)23-15-18-6-8-22-15/h1,3-6,8,17H,7H2. The molecule has 0 amide bonds. The van der Waals surface area contributed by atoms with Crippen molar-refractivity contribution in [1.82, 2.24) is 19.9 Å². The molecule has 0 fully saturated rings. The largest absolute Gasteiger partial charge is 0.360 e. The van der Waals surface area contributed by atoms with E-state index in [4.69, 9.17) is 6.42 Å². The number of thiazole rings is 1. The van der Waals surface area contributed by atoms with Gasteiger partial charge in [-0.3, -0.25) is 0 Å². The molecule has 3 aromatic heterocycles. The highest BCUT2D eigenvalue weighted by molar-refractivity contribution is 8.01. The van der Waals surface area contributed by atoms with E-state index in [2.05, 4.69) is 31.9 Å². The maximum absolute atomic E-state index is 9.58. The molecule has 0 saturated carbocycles. The first-order valence-electron chi connectivity index (χ1n) is 6.41. The zero-order valence-corrected chi connectivity index (χ0v) is 14.1. The van der Waals surface area contributed by atoms with Gasteiger partial charge in [-0.2, -0.15) is 5.26 Å². The summed E-state index contributed by atoms with van der Waals surface area (Å²) < 4.78 is 0.825. The smallest absolute Gasteiger partial charge is 0.190 e. The summed E-state index contributed by atoms with van der Waals surface area (Å²) in [4.78, 5) is 16.3. The Labute approximate surface area is 145 Å². The van der Waals surface area contributed by atoms with Crippen LogP contribution in [0.1, 0.15) is 5.56 Å². The molecule has 112 valence electrons. The van der Waals surface area contributed by atoms with Crippen LogP contribution >= 0.6 is 34.9 Å². The molecule has 3 aromatic rings. The third-order valence-electron chi connectivity index (χ3n) is 2.70. The van der Waals surface area contributed by atoms with Crippen molar-refractivity contribution in [1.29, 1.82) is 5.26 Å². The van der Waals surface area contributed by atoms with Crippen LogP contribution in [-0.4, -0.2) is 25.7 Å². The van der Waals surface area contributed by atoms with E-state index < -0.39 is 0 Å². The molecule has 5 nitrogen and oxygen atoms in total. The van der Waals surface area contributed by atoms with E-state index in [1.165, 1.54) is 34.9 Å². The van der Waals surface area contributed by atoms with Crippen LogP contribution in [0.2, 0.25) is 0 Å². The second kappa shape index (κ2) is 7.34. The number of terminal acetylenes is 1. The minimum Gasteiger partial charge on any atom is -0.360 e. The molecular weight excluding hydrogens is 346 g/mol. The molecule has 8 heteroatoms. The van der Waals surface area contributed by atoms with Gasteiger partial charge in [0.15, 0.2) is 9.50 Å². The fourth-order valence-electron chi connectivity index (χ4n) is 1.78. The van der Waals surface area contributed by atoms with Crippen molar-refractivity contribution in [3.05, 3.63) is 35.5 Å². The SMILES string of the molecule is C#CCSc1nc(Sc2nccs2)c(C#N)c(-c2ccc[nH]2)n1. The van der Waals surface area contributed by atoms with Gasteiger partial charge < -0.3 is 4.98 Å². The first-order valence-corrected chi connectivity index (χ1v) is 9.09. The van der Waals surface area contributed by atoms with Crippen LogP contribution in [0.25, 0.3) is 11.4 Å². The number of aromatic amines is 1. The van der Waals surface area contributed by atoms with Gasteiger partial charge in [-0.15, -0.1) is 17.8 Å². The third kappa shape index (κ3) is 3.57. The van der Waals surface area contributed by atoms with E-state index in [0.29, 0.717) is 27.2 Å². The lowest BCUT2D eigenvalue weighted by Gasteiger charge is -2.08. The number of thioether (sulfide) groups is 1. The van der Waals surface area contributed by atoms with Gasteiger partial charge in [0.25, 0.3) is 0 Å². The molecule has 1 N–H and O–H groups in total. The number of H-pyrrole nitrogens is 1. The number of hydrogen-bond acceptors (Lipinski definition) is 7. The summed E-state index contributed by atoms with van der Waals surface area (Å²) in [5, 5.41) is 12.6. The summed E-state index contributed by atoms with van der Waals surface area (Å²) in [6.07, 6.45) is 8.83. The quantitative estimate of drug-likeness (QED) is 0.326. The lowest BCUT2D eigenvalue weighted by Crippen LogP contribution is -1.99. The minimum absolute atomic E-state index is 0.428. The Morgan fingerprint density at radius 1 is 1.39 bits per heavy atom. The molecule has 0 aliphatic heterocycles. The average Bonchev–Trinajstić information content (AvgIpc) is 3.26. The third-order valence-corrected chi connectivity index (χ3v) is 5.32. The maximum Gasteiger partial charge on any atom is 0.190 e. The molecule has 0 unspecified atom stereocenters. The van der Waals surface area contributed by atoms with Gasteiger partial charge in [0.1, 0.15) is 22.4 Å². The molecule has 0 aliphatic rings. The molecule has 3 heterocycles. The van der Waals surface area contributed by atoms with Crippen LogP contribution in [-0.2, 0) is 0 Å². The Hall–Kier alpha value is -2.26. The van der Waals surface area contributed by atoms with Gasteiger partial charge in [0.05, 0.1) is 11.4 Å². The average molecular weight is 355 g/mol. The van der Waals surface area contributed by atoms with E-state index in [1.807, 2.05) is 17.5 Å². The number of aromatic nitrogens is 4. The summed E-state index contributed by atoms with van der Waals surface area (Å²) in [6.45, 7) is 0. The summed E-state index contributed by atoms with van der Waals surface area (Å²) in [5.74, 6) is 3.03. The Kier molecular flexibility index (Phi) is 4.99. The minimum atomic E-state index is 0.428. The monoisotopic (exact) mass is 355 g/mol. The van der Waals surface area contributed by atoms with Crippen molar-refractivity contribution < 1.29 is 0 Å². The predicted octanol–water partition coefficient (Wildman–Crippen LogP) is 3.68. The van der Waals surface area contributed by atoms with Crippen LogP contribution in [0.15, 0.2) is 44.4 Å². The Bertz CT molecular complexity index is 873. The zero-order valence-electron chi connectivity index (χ0n) is 11.7. The van der Waals surface area contributed by atoms with Gasteiger partial charge in [0, 0.05) is 17.8 Å². The van der Waals surface area contributed by atoms with Gasteiger partial charge in [0.2, 0.25) is 0 Å². The highest BCUT2D eigenvalue weighted by Crippen LogP contribution is 2.35. The molecule has 3 rings (SSSR count). The summed E-state index contributed by atoms with van der Waals surface area (Å²) in [5.41, 5.74) is 1.77. The van der Waals surface area contributed by atoms with Gasteiger partial charge >= 0.3 is 0 Å². The van der Waals surface area contributed by atoms with Crippen molar-refractivity contribution in [3.8, 4) is 29.8 Å². The summed E-state index contributed by atoms with van der Waals surface area (Å²) in [6, 6.07) is 5.94. The van der Waals surface area contributed by atoms with E-state index in [9.17, 15) is 5.26 Å². The Morgan fingerprint density at radius 3 is 2.96 bits per heavy atom. The molecule has 0 spiro atoms. The molecular formula is C15H9N5S3. The molecule has 0 aromatic carbocycles. The zero-order chi connectivity index (χ0) is 16.1. The molecule has 0 atom stereocenters. The van der Waals surface area contributed by atoms with Crippen LogP contribution in [0.5, 0.6) is 0 Å². The fourth-order valence-corrected chi connectivity index (χ4v) is 3.98. The topological polar surface area (TPSA) is 78.2 Å². The second-order valence-electron chi connectivity index (χ2n) is 4.12. The van der Waals surface area contributed by atoms with Crippen LogP contribution in [0.4, 0.5) is 0 Å². The highest BCUT2D eigenvalue weighted by atomic mass is 32.2. The maximum atomic E-state index is 9.58. The van der Waals surface area contributed by atoms with E-state index in [-0.39, 0.29) is 0 Å². The number of rotatable bonds is 5. The van der Waals surface area contributed by atoms with Crippen LogP contribution in [0, 0.1) is 23.7 Å². The van der Waals surface area contributed by atoms with Crippen molar-refractivity contribution >= 4 is 34.9 Å². The first-order chi connectivity index (χ1) is 11.3. The number of nitrogens with one attached hydrogen (secondary N) is 1. The molecule has 0 radical (unpaired) electrons. The van der Waals surface area contributed by atoms with E-state index in [1.54, 1.807) is 12.4 Å². The number of hydrogen-bond donors (Lipinski definition) is 1. The van der Waals surface area contributed by atoms with E-state index >= 15 is 0 Å². The predicted molar refractivity (Wildman–Crippen MR) is 92.3 cm³/mol. The number of nitrogens with zero attached hydrogens (tertiary/aromatic N) is 4. The van der Waals surface area contributed by atoms with E-state index in [0.717, 1.165) is 10.0 Å². The Balaban J connectivity index is 2.10. The molecule has 0 saturated heterocycles. The van der Waals surface area contributed by atoms with Crippen LogP contribution < -0.4 is 0 Å². The highest BCUT2D eigenvalue weighted by Gasteiger charge is 2.18. The first kappa shape index (κ1) is 15.6. The van der Waals surface area contributed by atoms with Gasteiger partial charge in [-0.05, 0) is 23.9 Å². The summed E-state index contributed by atoms with van der Waals surface area (Å²) in [7, 11) is 0. The molecule has 23 heavy (non-hydrogen) atoms. The Morgan fingerprint density at radius 2 is 2.30 bits per heavy atom. The molecule has 0 bridgehead atoms. The van der Waals surface area contributed by atoms with Crippen molar-refractivity contribution in [3.63, 3.8) is 0 Å². The lowest BCUT2D eigenvalue weighted by molar-refractivity contribution is 0.886. The van der Waals surface area contributed by atoms with Gasteiger partial charge in [-0.1, -0.05) is 17.7 Å². The van der Waals surface area contributed by atoms with Crippen molar-refractivity contribution in [2.45, 2.75) is 14.5 Å². The molecule has 0 aliphatic carbocycles. The van der Waals surface area contributed by atoms with Crippen molar-refractivity contribution in [2.24, 2.45) is 0 Å². The normalized spacial score (nSPS) is 10.2. The number of nitriles is 1.